The number of benzene rings is 1. The fraction of sp³-hybridized carbons (Fsp3) is 0.231. The summed E-state index contributed by atoms with van der Waals surface area (Å²) in [7, 11) is 2.89. The van der Waals surface area contributed by atoms with Crippen LogP contribution in [0, 0.1) is 10.1 Å². The lowest BCUT2D eigenvalue weighted by Crippen LogP contribution is -2.05. The van der Waals surface area contributed by atoms with Crippen molar-refractivity contribution in [2.75, 3.05) is 19.5 Å². The normalized spacial score (nSPS) is 10.0. The van der Waals surface area contributed by atoms with Crippen LogP contribution in [0.2, 0.25) is 0 Å². The third kappa shape index (κ3) is 3.35. The highest BCUT2D eigenvalue weighted by Crippen LogP contribution is 2.37. The Hall–Kier alpha value is -2.90. The summed E-state index contributed by atoms with van der Waals surface area (Å²) in [5.41, 5.74) is 0.890. The molecule has 110 valence electrons. The Morgan fingerprint density at radius 1 is 1.29 bits per heavy atom. The molecule has 1 aromatic heterocycles. The molecule has 0 fully saturated rings. The van der Waals surface area contributed by atoms with Gasteiger partial charge >= 0.3 is 0 Å². The van der Waals surface area contributed by atoms with E-state index in [2.05, 4.69) is 15.5 Å². The van der Waals surface area contributed by atoms with Gasteiger partial charge in [-0.05, 0) is 12.1 Å². The number of hydrogen-bond acceptors (Lipinski definition) is 7. The molecule has 2 aromatic rings. The fourth-order valence-electron chi connectivity index (χ4n) is 1.77. The van der Waals surface area contributed by atoms with E-state index in [-0.39, 0.29) is 5.69 Å². The highest BCUT2D eigenvalue weighted by molar-refractivity contribution is 5.68. The van der Waals surface area contributed by atoms with Crippen LogP contribution in [0.25, 0.3) is 0 Å². The Balaban J connectivity index is 2.30. The maximum atomic E-state index is 11.1. The Kier molecular flexibility index (Phi) is 4.50. The van der Waals surface area contributed by atoms with Gasteiger partial charge < -0.3 is 14.8 Å². The third-order valence-electron chi connectivity index (χ3n) is 2.79. The van der Waals surface area contributed by atoms with Gasteiger partial charge in [-0.1, -0.05) is 0 Å². The summed E-state index contributed by atoms with van der Waals surface area (Å²) in [4.78, 5) is 10.7. The van der Waals surface area contributed by atoms with E-state index in [4.69, 9.17) is 9.47 Å². The van der Waals surface area contributed by atoms with Gasteiger partial charge in [-0.3, -0.25) is 10.1 Å². The minimum atomic E-state index is -0.485. The highest BCUT2D eigenvalue weighted by atomic mass is 16.6. The minimum absolute atomic E-state index is 0.100. The van der Waals surface area contributed by atoms with Gasteiger partial charge in [0, 0.05) is 12.3 Å². The number of ether oxygens (including phenoxy) is 2. The third-order valence-corrected chi connectivity index (χ3v) is 2.79. The molecule has 0 unspecified atom stereocenters. The second kappa shape index (κ2) is 6.51. The van der Waals surface area contributed by atoms with Crippen molar-refractivity contribution in [1.29, 1.82) is 0 Å². The van der Waals surface area contributed by atoms with E-state index < -0.39 is 4.92 Å². The summed E-state index contributed by atoms with van der Waals surface area (Å²) in [5.74, 6) is 0.707. The van der Waals surface area contributed by atoms with Crippen molar-refractivity contribution in [3.05, 3.63) is 46.3 Å². The molecule has 0 atom stereocenters. The first kappa shape index (κ1) is 14.5. The number of aromatic nitrogens is 2. The molecule has 0 amide bonds. The summed E-state index contributed by atoms with van der Waals surface area (Å²) in [6.07, 6.45) is 1.56. The highest BCUT2D eigenvalue weighted by Gasteiger charge is 2.19. The Bertz CT molecular complexity index is 634. The average molecular weight is 290 g/mol. The maximum absolute atomic E-state index is 11.1. The van der Waals surface area contributed by atoms with Gasteiger partial charge in [0.2, 0.25) is 0 Å². The zero-order chi connectivity index (χ0) is 15.2. The maximum Gasteiger partial charge on any atom is 0.296 e. The van der Waals surface area contributed by atoms with Crippen molar-refractivity contribution in [3.8, 4) is 11.5 Å². The fourth-order valence-corrected chi connectivity index (χ4v) is 1.77. The largest absolute Gasteiger partial charge is 0.493 e. The molecular weight excluding hydrogens is 276 g/mol. The first-order valence-electron chi connectivity index (χ1n) is 6.06. The van der Waals surface area contributed by atoms with E-state index in [1.807, 2.05) is 0 Å². The van der Waals surface area contributed by atoms with Crippen LogP contribution in [0.5, 0.6) is 11.5 Å². The zero-order valence-corrected chi connectivity index (χ0v) is 11.6. The second-order valence-electron chi connectivity index (χ2n) is 4.05. The molecule has 0 aliphatic carbocycles. The molecule has 21 heavy (non-hydrogen) atoms. The molecule has 0 spiro atoms. The molecule has 1 heterocycles. The van der Waals surface area contributed by atoms with Crippen LogP contribution < -0.4 is 14.8 Å². The van der Waals surface area contributed by atoms with Crippen molar-refractivity contribution < 1.29 is 14.4 Å². The predicted molar refractivity (Wildman–Crippen MR) is 75.6 cm³/mol. The average Bonchev–Trinajstić information content (AvgIpc) is 2.52. The minimum Gasteiger partial charge on any atom is -0.493 e. The second-order valence-corrected chi connectivity index (χ2v) is 4.05. The van der Waals surface area contributed by atoms with Crippen LogP contribution in [0.1, 0.15) is 5.69 Å². The van der Waals surface area contributed by atoms with Crippen LogP contribution in [0.3, 0.4) is 0 Å². The number of nitrogens with one attached hydrogen (secondary N) is 1. The Morgan fingerprint density at radius 2 is 2.00 bits per heavy atom. The summed E-state index contributed by atoms with van der Waals surface area (Å²) >= 11 is 0. The van der Waals surface area contributed by atoms with Crippen molar-refractivity contribution >= 4 is 11.4 Å². The molecule has 0 radical (unpaired) electrons. The van der Waals surface area contributed by atoms with Crippen molar-refractivity contribution in [3.63, 3.8) is 0 Å². The number of anilines is 1. The zero-order valence-electron chi connectivity index (χ0n) is 11.6. The molecule has 0 saturated carbocycles. The number of hydrogen-bond donors (Lipinski definition) is 1. The molecule has 0 saturated heterocycles. The molecule has 0 aliphatic rings. The molecule has 8 heteroatoms. The van der Waals surface area contributed by atoms with Crippen LogP contribution >= 0.6 is 0 Å². The summed E-state index contributed by atoms with van der Waals surface area (Å²) in [6.45, 7) is 0.310. The number of nitro groups is 1. The number of rotatable bonds is 6. The van der Waals surface area contributed by atoms with Gasteiger partial charge in [0.25, 0.3) is 5.69 Å². The van der Waals surface area contributed by atoms with Crippen molar-refractivity contribution in [1.82, 2.24) is 10.2 Å². The number of nitro benzene ring substituents is 1. The summed E-state index contributed by atoms with van der Waals surface area (Å²) in [6, 6.07) is 6.35. The van der Waals surface area contributed by atoms with Crippen LogP contribution in [-0.2, 0) is 6.54 Å². The van der Waals surface area contributed by atoms with Gasteiger partial charge in [0.1, 0.15) is 5.69 Å². The lowest BCUT2D eigenvalue weighted by atomic mass is 10.2. The van der Waals surface area contributed by atoms with E-state index in [0.717, 1.165) is 0 Å². The van der Waals surface area contributed by atoms with Crippen molar-refractivity contribution in [2.45, 2.75) is 6.54 Å². The smallest absolute Gasteiger partial charge is 0.296 e. The van der Waals surface area contributed by atoms with Gasteiger partial charge in [0.05, 0.1) is 37.4 Å². The van der Waals surface area contributed by atoms with Gasteiger partial charge in [-0.15, -0.1) is 0 Å². The van der Waals surface area contributed by atoms with E-state index in [0.29, 0.717) is 29.4 Å². The standard InChI is InChI=1S/C13H14N4O4/c1-20-12-6-10(11(17(18)19)7-13(12)21-2)14-8-9-4-3-5-15-16-9/h3-7,14H,8H2,1-2H3. The molecule has 1 N–H and O–H groups in total. The van der Waals surface area contributed by atoms with Gasteiger partial charge in [0.15, 0.2) is 11.5 Å². The van der Waals surface area contributed by atoms with Crippen LogP contribution in [0.15, 0.2) is 30.5 Å². The first-order chi connectivity index (χ1) is 10.2. The molecule has 2 rings (SSSR count). The quantitative estimate of drug-likeness (QED) is 0.641. The molecular formula is C13H14N4O4. The van der Waals surface area contributed by atoms with Crippen LogP contribution in [-0.4, -0.2) is 29.3 Å². The Labute approximate surface area is 120 Å². The lowest BCUT2D eigenvalue weighted by Gasteiger charge is -2.11. The van der Waals surface area contributed by atoms with E-state index >= 15 is 0 Å². The van der Waals surface area contributed by atoms with E-state index in [1.165, 1.54) is 26.4 Å². The van der Waals surface area contributed by atoms with Crippen LogP contribution in [0.4, 0.5) is 11.4 Å². The van der Waals surface area contributed by atoms with E-state index in [9.17, 15) is 10.1 Å². The summed E-state index contributed by atoms with van der Waals surface area (Å²) in [5, 5.41) is 21.8. The van der Waals surface area contributed by atoms with Gasteiger partial charge in [-0.2, -0.15) is 10.2 Å². The number of nitrogens with zero attached hydrogens (tertiary/aromatic N) is 3. The topological polar surface area (TPSA) is 99.4 Å². The Morgan fingerprint density at radius 3 is 2.57 bits per heavy atom. The van der Waals surface area contributed by atoms with E-state index in [1.54, 1.807) is 18.3 Å². The number of methoxy groups -OCH3 is 2. The summed E-state index contributed by atoms with van der Waals surface area (Å²) < 4.78 is 10.2. The SMILES string of the molecule is COc1cc(NCc2cccnn2)c([N+](=O)[O-])cc1OC. The predicted octanol–water partition coefficient (Wildman–Crippen LogP) is 2.01. The molecule has 0 aliphatic heterocycles. The first-order valence-corrected chi connectivity index (χ1v) is 6.06. The lowest BCUT2D eigenvalue weighted by molar-refractivity contribution is -0.384. The molecule has 1 aromatic carbocycles. The van der Waals surface area contributed by atoms with Crippen molar-refractivity contribution in [2.24, 2.45) is 0 Å². The monoisotopic (exact) mass is 290 g/mol. The van der Waals surface area contributed by atoms with Gasteiger partial charge in [-0.25, -0.2) is 0 Å². The molecule has 8 nitrogen and oxygen atoms in total. The molecule has 0 bridgehead atoms.